The molecule has 0 saturated carbocycles. The van der Waals surface area contributed by atoms with Gasteiger partial charge in [0.25, 0.3) is 0 Å². The molecule has 3 atom stereocenters. The average molecular weight is 481 g/mol. The smallest absolute Gasteiger partial charge is 0.226 e. The van der Waals surface area contributed by atoms with Gasteiger partial charge < -0.3 is 15.0 Å². The number of anilines is 2. The van der Waals surface area contributed by atoms with Gasteiger partial charge in [0.15, 0.2) is 0 Å². The van der Waals surface area contributed by atoms with E-state index in [1.54, 1.807) is 23.6 Å². The van der Waals surface area contributed by atoms with Crippen LogP contribution in [0.25, 0.3) is 21.1 Å². The Hall–Kier alpha value is -3.11. The number of benzene rings is 1. The number of nitrogens with one attached hydrogen (secondary N) is 2. The van der Waals surface area contributed by atoms with Gasteiger partial charge in [0.2, 0.25) is 5.91 Å². The molecule has 34 heavy (non-hydrogen) atoms. The van der Waals surface area contributed by atoms with E-state index in [1.165, 1.54) is 22.8 Å². The third kappa shape index (κ3) is 3.70. The highest BCUT2D eigenvalue weighted by atomic mass is 32.1. The Bertz CT molecular complexity index is 1390. The van der Waals surface area contributed by atoms with E-state index < -0.39 is 0 Å². The summed E-state index contributed by atoms with van der Waals surface area (Å²) in [6.45, 7) is 5.32. The van der Waals surface area contributed by atoms with E-state index in [1.807, 2.05) is 18.7 Å². The van der Waals surface area contributed by atoms with Gasteiger partial charge in [-0.2, -0.15) is 5.10 Å². The molecule has 0 spiro atoms. The molecule has 1 aliphatic carbocycles. The van der Waals surface area contributed by atoms with Gasteiger partial charge in [0.1, 0.15) is 22.8 Å². The van der Waals surface area contributed by atoms with Crippen molar-refractivity contribution in [2.75, 3.05) is 18.4 Å². The van der Waals surface area contributed by atoms with Gasteiger partial charge in [-0.05, 0) is 44.7 Å². The van der Waals surface area contributed by atoms with Crippen LogP contribution in [0.4, 0.5) is 15.9 Å². The summed E-state index contributed by atoms with van der Waals surface area (Å²) in [5, 5.41) is 11.7. The molecule has 8 nitrogen and oxygen atoms in total. The molecule has 4 heterocycles. The highest BCUT2D eigenvalue weighted by molar-refractivity contribution is 7.19. The number of fused-ring (bicyclic) bond motifs is 4. The normalized spacial score (nSPS) is 22.8. The van der Waals surface area contributed by atoms with Crippen molar-refractivity contribution in [2.24, 2.45) is 5.92 Å². The van der Waals surface area contributed by atoms with Crippen molar-refractivity contribution in [3.63, 3.8) is 0 Å². The van der Waals surface area contributed by atoms with Crippen LogP contribution in [0.5, 0.6) is 0 Å². The van der Waals surface area contributed by atoms with Crippen LogP contribution in [0.2, 0.25) is 0 Å². The fraction of sp³-hybridized carbons (Fsp3) is 0.417. The summed E-state index contributed by atoms with van der Waals surface area (Å²) < 4.78 is 20.5. The Morgan fingerprint density at radius 3 is 2.91 bits per heavy atom. The van der Waals surface area contributed by atoms with Crippen molar-refractivity contribution >= 4 is 49.9 Å². The maximum absolute atomic E-state index is 14.7. The Labute approximate surface area is 199 Å². The second kappa shape index (κ2) is 8.28. The molecular weight excluding hydrogens is 455 g/mol. The molecule has 1 saturated heterocycles. The summed E-state index contributed by atoms with van der Waals surface area (Å²) in [5.41, 5.74) is 2.15. The summed E-state index contributed by atoms with van der Waals surface area (Å²) in [4.78, 5) is 26.2. The van der Waals surface area contributed by atoms with Gasteiger partial charge in [-0.3, -0.25) is 9.89 Å². The minimum Gasteiger partial charge on any atom is -0.372 e. The number of halogens is 1. The predicted molar refractivity (Wildman–Crippen MR) is 129 cm³/mol. The van der Waals surface area contributed by atoms with Crippen LogP contribution in [0.15, 0.2) is 24.7 Å². The minimum atomic E-state index is -0.382. The SMILES string of the molecule is C[C@H]1CN(C(=O)[C@H]2CCc3c(sc4ncnc(Nc5cc6cn[nH]c6cc5F)c34)C2)C[C@H](C)O1. The summed E-state index contributed by atoms with van der Waals surface area (Å²) >= 11 is 1.61. The molecule has 2 N–H and O–H groups in total. The fourth-order valence-electron chi connectivity index (χ4n) is 5.22. The van der Waals surface area contributed by atoms with Gasteiger partial charge in [0.05, 0.1) is 35.0 Å². The second-order valence-corrected chi connectivity index (χ2v) is 10.3. The van der Waals surface area contributed by atoms with Gasteiger partial charge >= 0.3 is 0 Å². The third-order valence-corrected chi connectivity index (χ3v) is 7.87. The third-order valence-electron chi connectivity index (χ3n) is 6.71. The quantitative estimate of drug-likeness (QED) is 0.457. The molecular formula is C24H25FN6O2S. The first kappa shape index (κ1) is 21.4. The molecule has 0 unspecified atom stereocenters. The van der Waals surface area contributed by atoms with Crippen LogP contribution in [0.1, 0.15) is 30.7 Å². The molecule has 1 aromatic carbocycles. The number of amides is 1. The molecule has 1 fully saturated rings. The highest BCUT2D eigenvalue weighted by Gasteiger charge is 2.34. The minimum absolute atomic E-state index is 0.0385. The number of hydrogen-bond acceptors (Lipinski definition) is 7. The molecule has 0 bridgehead atoms. The van der Waals surface area contributed by atoms with Crippen molar-refractivity contribution in [1.29, 1.82) is 0 Å². The summed E-state index contributed by atoms with van der Waals surface area (Å²) in [6, 6.07) is 3.15. The lowest BCUT2D eigenvalue weighted by Gasteiger charge is -2.37. The van der Waals surface area contributed by atoms with Crippen LogP contribution in [0, 0.1) is 11.7 Å². The fourth-order valence-corrected chi connectivity index (χ4v) is 6.49. The molecule has 1 aliphatic heterocycles. The van der Waals surface area contributed by atoms with Crippen molar-refractivity contribution < 1.29 is 13.9 Å². The van der Waals surface area contributed by atoms with E-state index in [0.29, 0.717) is 36.5 Å². The standard InChI is InChI=1S/C24H25FN6O2S/c1-12-9-31(10-13(2)33-12)24(32)14-3-4-16-20(6-14)34-23-21(16)22(26-11-27-23)29-19-5-15-8-28-30-18(15)7-17(19)25/h5,7-8,11-14H,3-4,6,9-10H2,1-2H3,(H,28,30)(H,26,27,29)/t12-,13-,14-/m0/s1. The lowest BCUT2D eigenvalue weighted by Crippen LogP contribution is -2.50. The van der Waals surface area contributed by atoms with E-state index in [4.69, 9.17) is 4.74 Å². The number of aromatic nitrogens is 4. The monoisotopic (exact) mass is 480 g/mol. The number of morpholine rings is 1. The number of ether oxygens (including phenoxy) is 1. The van der Waals surface area contributed by atoms with Crippen LogP contribution in [-0.4, -0.2) is 56.3 Å². The van der Waals surface area contributed by atoms with Gasteiger partial charge in [0, 0.05) is 35.3 Å². The lowest BCUT2D eigenvalue weighted by atomic mass is 9.86. The molecule has 1 amide bonds. The van der Waals surface area contributed by atoms with Crippen molar-refractivity contribution in [3.05, 3.63) is 40.9 Å². The first-order valence-corrected chi connectivity index (χ1v) is 12.4. The summed E-state index contributed by atoms with van der Waals surface area (Å²) in [5.74, 6) is 0.380. The maximum atomic E-state index is 14.7. The van der Waals surface area contributed by atoms with Gasteiger partial charge in [-0.15, -0.1) is 11.3 Å². The largest absolute Gasteiger partial charge is 0.372 e. The zero-order valence-electron chi connectivity index (χ0n) is 19.0. The molecule has 2 aliphatic rings. The Morgan fingerprint density at radius 2 is 2.09 bits per heavy atom. The zero-order valence-corrected chi connectivity index (χ0v) is 19.8. The van der Waals surface area contributed by atoms with E-state index in [2.05, 4.69) is 25.5 Å². The number of H-pyrrole nitrogens is 1. The number of carbonyl (C=O) groups excluding carboxylic acids is 1. The second-order valence-electron chi connectivity index (χ2n) is 9.26. The van der Waals surface area contributed by atoms with Gasteiger partial charge in [-0.25, -0.2) is 14.4 Å². The van der Waals surface area contributed by atoms with Crippen LogP contribution in [-0.2, 0) is 22.4 Å². The molecule has 0 radical (unpaired) electrons. The lowest BCUT2D eigenvalue weighted by molar-refractivity contribution is -0.147. The number of aromatic amines is 1. The van der Waals surface area contributed by atoms with E-state index in [9.17, 15) is 9.18 Å². The van der Waals surface area contributed by atoms with E-state index in [0.717, 1.165) is 28.4 Å². The first-order chi connectivity index (χ1) is 16.5. The maximum Gasteiger partial charge on any atom is 0.226 e. The molecule has 176 valence electrons. The molecule has 6 rings (SSSR count). The van der Waals surface area contributed by atoms with Crippen LogP contribution < -0.4 is 5.32 Å². The van der Waals surface area contributed by atoms with E-state index in [-0.39, 0.29) is 29.9 Å². The number of aryl methyl sites for hydroxylation is 1. The number of nitrogens with zero attached hydrogens (tertiary/aromatic N) is 4. The molecule has 3 aromatic heterocycles. The summed E-state index contributed by atoms with van der Waals surface area (Å²) in [7, 11) is 0. The Morgan fingerprint density at radius 1 is 1.26 bits per heavy atom. The predicted octanol–water partition coefficient (Wildman–Crippen LogP) is 4.19. The molecule has 10 heteroatoms. The highest BCUT2D eigenvalue weighted by Crippen LogP contribution is 2.41. The number of rotatable bonds is 3. The van der Waals surface area contributed by atoms with Crippen LogP contribution >= 0.6 is 11.3 Å². The topological polar surface area (TPSA) is 96.0 Å². The van der Waals surface area contributed by atoms with Gasteiger partial charge in [-0.1, -0.05) is 0 Å². The van der Waals surface area contributed by atoms with E-state index >= 15 is 0 Å². The first-order valence-electron chi connectivity index (χ1n) is 11.6. The Balaban J connectivity index is 1.29. The number of thiophene rings is 1. The molecule has 4 aromatic rings. The van der Waals surface area contributed by atoms with Crippen molar-refractivity contribution in [3.8, 4) is 0 Å². The summed E-state index contributed by atoms with van der Waals surface area (Å²) in [6.07, 6.45) is 5.52. The van der Waals surface area contributed by atoms with Crippen molar-refractivity contribution in [2.45, 2.75) is 45.3 Å². The number of hydrogen-bond donors (Lipinski definition) is 2. The zero-order chi connectivity index (χ0) is 23.4. The average Bonchev–Trinajstić information content (AvgIpc) is 3.41. The number of carbonyl (C=O) groups is 1. The Kier molecular flexibility index (Phi) is 5.22. The van der Waals surface area contributed by atoms with Crippen molar-refractivity contribution in [1.82, 2.24) is 25.1 Å². The van der Waals surface area contributed by atoms with Crippen LogP contribution in [0.3, 0.4) is 0 Å².